The first-order valence-corrected chi connectivity index (χ1v) is 5.29. The molecule has 0 aliphatic rings. The van der Waals surface area contributed by atoms with Crippen LogP contribution in [-0.2, 0) is 4.74 Å². The van der Waals surface area contributed by atoms with Crippen molar-refractivity contribution in [3.05, 3.63) is 17.7 Å². The van der Waals surface area contributed by atoms with Crippen molar-refractivity contribution >= 4 is 6.09 Å². The van der Waals surface area contributed by atoms with E-state index in [0.717, 1.165) is 11.5 Å². The van der Waals surface area contributed by atoms with E-state index in [1.54, 1.807) is 6.20 Å². The van der Waals surface area contributed by atoms with Gasteiger partial charge in [0.1, 0.15) is 11.4 Å². The number of nitrogens with one attached hydrogen (secondary N) is 2. The van der Waals surface area contributed by atoms with E-state index >= 15 is 0 Å². The summed E-state index contributed by atoms with van der Waals surface area (Å²) in [6, 6.07) is -0.191. The maximum absolute atomic E-state index is 11.5. The number of aromatic amines is 1. The summed E-state index contributed by atoms with van der Waals surface area (Å²) < 4.78 is 5.14. The number of hydrogen-bond acceptors (Lipinski definition) is 3. The molecule has 0 fully saturated rings. The molecule has 1 rings (SSSR count). The van der Waals surface area contributed by atoms with Crippen LogP contribution in [0.2, 0.25) is 0 Å². The number of carbonyl (C=O) groups excluding carboxylic acids is 1. The van der Waals surface area contributed by atoms with Crippen molar-refractivity contribution in [3.63, 3.8) is 0 Å². The second-order valence-corrected chi connectivity index (χ2v) is 4.82. The number of aryl methyl sites for hydroxylation is 1. The first-order valence-electron chi connectivity index (χ1n) is 5.29. The Morgan fingerprint density at radius 1 is 1.56 bits per heavy atom. The van der Waals surface area contributed by atoms with E-state index in [1.165, 1.54) is 0 Å². The summed E-state index contributed by atoms with van der Waals surface area (Å²) in [5.74, 6) is 0.725. The molecule has 1 heterocycles. The second kappa shape index (κ2) is 4.55. The second-order valence-electron chi connectivity index (χ2n) is 4.82. The predicted octanol–water partition coefficient (Wildman–Crippen LogP) is 2.30. The zero-order chi connectivity index (χ0) is 12.3. The summed E-state index contributed by atoms with van der Waals surface area (Å²) in [7, 11) is 0. The van der Waals surface area contributed by atoms with Crippen molar-refractivity contribution in [1.29, 1.82) is 0 Å². The highest BCUT2D eigenvalue weighted by atomic mass is 16.6. The molecule has 2 N–H and O–H groups in total. The van der Waals surface area contributed by atoms with Gasteiger partial charge in [0.2, 0.25) is 0 Å². The van der Waals surface area contributed by atoms with Crippen LogP contribution >= 0.6 is 0 Å². The Morgan fingerprint density at radius 2 is 2.19 bits per heavy atom. The number of amides is 1. The summed E-state index contributed by atoms with van der Waals surface area (Å²) in [4.78, 5) is 18.7. The maximum Gasteiger partial charge on any atom is 0.408 e. The van der Waals surface area contributed by atoms with Crippen LogP contribution in [0.15, 0.2) is 6.20 Å². The molecule has 90 valence electrons. The van der Waals surface area contributed by atoms with Crippen LogP contribution in [0.4, 0.5) is 4.79 Å². The largest absolute Gasteiger partial charge is 0.444 e. The quantitative estimate of drug-likeness (QED) is 0.811. The Balaban J connectivity index is 2.52. The number of rotatable bonds is 2. The van der Waals surface area contributed by atoms with Gasteiger partial charge in [0.05, 0.1) is 6.04 Å². The normalized spacial score (nSPS) is 13.3. The minimum absolute atomic E-state index is 0.191. The van der Waals surface area contributed by atoms with E-state index in [0.29, 0.717) is 0 Å². The van der Waals surface area contributed by atoms with Crippen LogP contribution in [0.3, 0.4) is 0 Å². The highest BCUT2D eigenvalue weighted by Crippen LogP contribution is 2.11. The summed E-state index contributed by atoms with van der Waals surface area (Å²) in [5.41, 5.74) is 0.482. The van der Waals surface area contributed by atoms with Crippen LogP contribution in [0.25, 0.3) is 0 Å². The Hall–Kier alpha value is -1.52. The van der Waals surface area contributed by atoms with Crippen molar-refractivity contribution in [3.8, 4) is 0 Å². The molecule has 0 aromatic carbocycles. The van der Waals surface area contributed by atoms with Gasteiger partial charge in [-0.15, -0.1) is 0 Å². The third kappa shape index (κ3) is 3.92. The van der Waals surface area contributed by atoms with Crippen LogP contribution < -0.4 is 5.32 Å². The van der Waals surface area contributed by atoms with Gasteiger partial charge in [0.15, 0.2) is 0 Å². The Labute approximate surface area is 95.6 Å². The lowest BCUT2D eigenvalue weighted by molar-refractivity contribution is 0.0506. The number of imidazole rings is 1. The monoisotopic (exact) mass is 225 g/mol. The molecule has 1 atom stereocenters. The molecule has 0 aliphatic heterocycles. The fourth-order valence-corrected chi connectivity index (χ4v) is 1.21. The van der Waals surface area contributed by atoms with Crippen molar-refractivity contribution in [1.82, 2.24) is 15.3 Å². The molecular weight excluding hydrogens is 206 g/mol. The molecule has 0 aliphatic carbocycles. The van der Waals surface area contributed by atoms with Crippen LogP contribution in [0.5, 0.6) is 0 Å². The number of H-pyrrole nitrogens is 1. The number of aromatic nitrogens is 2. The molecule has 1 aromatic rings. The molecule has 0 spiro atoms. The van der Waals surface area contributed by atoms with Gasteiger partial charge in [-0.1, -0.05) is 0 Å². The minimum atomic E-state index is -0.483. The van der Waals surface area contributed by atoms with Crippen molar-refractivity contribution in [2.45, 2.75) is 46.3 Å². The zero-order valence-electron chi connectivity index (χ0n) is 10.4. The van der Waals surface area contributed by atoms with Gasteiger partial charge < -0.3 is 15.0 Å². The number of alkyl carbamates (subject to hydrolysis) is 1. The third-order valence-corrected chi connectivity index (χ3v) is 1.87. The zero-order valence-corrected chi connectivity index (χ0v) is 10.4. The van der Waals surface area contributed by atoms with E-state index in [1.807, 2.05) is 34.6 Å². The van der Waals surface area contributed by atoms with E-state index in [-0.39, 0.29) is 6.04 Å². The SMILES string of the molecule is Cc1cnc([C@@H](C)NC(=O)OC(C)(C)C)[nH]1. The smallest absolute Gasteiger partial charge is 0.408 e. The molecule has 0 bridgehead atoms. The van der Waals surface area contributed by atoms with Gasteiger partial charge in [-0.2, -0.15) is 0 Å². The molecule has 5 nitrogen and oxygen atoms in total. The summed E-state index contributed by atoms with van der Waals surface area (Å²) in [5, 5.41) is 2.71. The molecule has 16 heavy (non-hydrogen) atoms. The topological polar surface area (TPSA) is 67.0 Å². The highest BCUT2D eigenvalue weighted by molar-refractivity contribution is 5.68. The molecule has 0 saturated heterocycles. The maximum atomic E-state index is 11.5. The standard InChI is InChI=1S/C11H19N3O2/c1-7-6-12-9(13-7)8(2)14-10(15)16-11(3,4)5/h6,8H,1-5H3,(H,12,13)(H,14,15)/t8-/m1/s1. The van der Waals surface area contributed by atoms with Crippen LogP contribution in [0.1, 0.15) is 45.3 Å². The number of nitrogens with zero attached hydrogens (tertiary/aromatic N) is 1. The van der Waals surface area contributed by atoms with Gasteiger partial charge in [0, 0.05) is 11.9 Å². The first-order chi connectivity index (χ1) is 7.28. The summed E-state index contributed by atoms with van der Waals surface area (Å²) in [6.07, 6.45) is 1.29. The van der Waals surface area contributed by atoms with E-state index in [9.17, 15) is 4.79 Å². The first kappa shape index (κ1) is 12.5. The molecule has 5 heteroatoms. The summed E-state index contributed by atoms with van der Waals surface area (Å²) in [6.45, 7) is 9.25. The van der Waals surface area contributed by atoms with Crippen LogP contribution in [0, 0.1) is 6.92 Å². The van der Waals surface area contributed by atoms with Crippen molar-refractivity contribution < 1.29 is 9.53 Å². The third-order valence-electron chi connectivity index (χ3n) is 1.87. The minimum Gasteiger partial charge on any atom is -0.444 e. The number of ether oxygens (including phenoxy) is 1. The van der Waals surface area contributed by atoms with E-state index in [4.69, 9.17) is 4.74 Å². The Kier molecular flexibility index (Phi) is 3.57. The average molecular weight is 225 g/mol. The Morgan fingerprint density at radius 3 is 2.62 bits per heavy atom. The Bertz CT molecular complexity index is 366. The van der Waals surface area contributed by atoms with E-state index < -0.39 is 11.7 Å². The summed E-state index contributed by atoms with van der Waals surface area (Å²) >= 11 is 0. The van der Waals surface area contributed by atoms with Gasteiger partial charge in [0.25, 0.3) is 0 Å². The van der Waals surface area contributed by atoms with Gasteiger partial charge in [-0.3, -0.25) is 0 Å². The molecule has 0 radical (unpaired) electrons. The fraction of sp³-hybridized carbons (Fsp3) is 0.636. The van der Waals surface area contributed by atoms with Crippen molar-refractivity contribution in [2.75, 3.05) is 0 Å². The highest BCUT2D eigenvalue weighted by Gasteiger charge is 2.19. The van der Waals surface area contributed by atoms with Gasteiger partial charge >= 0.3 is 6.09 Å². The number of carbonyl (C=O) groups is 1. The molecule has 1 aromatic heterocycles. The molecular formula is C11H19N3O2. The molecule has 1 amide bonds. The van der Waals surface area contributed by atoms with Crippen LogP contribution in [-0.4, -0.2) is 21.7 Å². The van der Waals surface area contributed by atoms with Gasteiger partial charge in [-0.25, -0.2) is 9.78 Å². The number of hydrogen-bond donors (Lipinski definition) is 2. The molecule has 0 saturated carbocycles. The molecule has 0 unspecified atom stereocenters. The van der Waals surface area contributed by atoms with Crippen molar-refractivity contribution in [2.24, 2.45) is 0 Å². The van der Waals surface area contributed by atoms with E-state index in [2.05, 4.69) is 15.3 Å². The average Bonchev–Trinajstić information content (AvgIpc) is 2.47. The lowest BCUT2D eigenvalue weighted by atomic mass is 10.2. The predicted molar refractivity (Wildman–Crippen MR) is 61.1 cm³/mol. The fourth-order valence-electron chi connectivity index (χ4n) is 1.21. The lowest BCUT2D eigenvalue weighted by Gasteiger charge is -2.21. The lowest BCUT2D eigenvalue weighted by Crippen LogP contribution is -2.34. The van der Waals surface area contributed by atoms with Gasteiger partial charge in [-0.05, 0) is 34.6 Å².